The highest BCUT2D eigenvalue weighted by atomic mass is 16.7. The van der Waals surface area contributed by atoms with Gasteiger partial charge in [0.25, 0.3) is 17.7 Å². The molecule has 0 saturated carbocycles. The van der Waals surface area contributed by atoms with Crippen LogP contribution in [0.25, 0.3) is 0 Å². The van der Waals surface area contributed by atoms with Crippen LogP contribution in [0.5, 0.6) is 0 Å². The molecule has 0 fully saturated rings. The molecule has 3 amide bonds. The highest BCUT2D eigenvalue weighted by Gasteiger charge is 2.36. The molecule has 0 N–H and O–H groups in total. The van der Waals surface area contributed by atoms with Crippen molar-refractivity contribution in [3.63, 3.8) is 0 Å². The number of carbonyl (C=O) groups excluding carboxylic acids is 3. The summed E-state index contributed by atoms with van der Waals surface area (Å²) in [5.74, 6) is -0.744. The van der Waals surface area contributed by atoms with Crippen molar-refractivity contribution in [1.82, 2.24) is 9.96 Å². The minimum Gasteiger partial charge on any atom is -0.467 e. The maximum absolute atomic E-state index is 12.5. The predicted octanol–water partition coefficient (Wildman–Crippen LogP) is 1.71. The number of hydroxylamine groups is 2. The first kappa shape index (κ1) is 15.0. The summed E-state index contributed by atoms with van der Waals surface area (Å²) in [6.07, 6.45) is 1.48. The first-order valence-corrected chi connectivity index (χ1v) is 6.87. The minimum absolute atomic E-state index is 0.0562. The number of hydrogen-bond acceptors (Lipinski definition) is 5. The summed E-state index contributed by atoms with van der Waals surface area (Å²) >= 11 is 0. The van der Waals surface area contributed by atoms with Gasteiger partial charge in [0.2, 0.25) is 0 Å². The first-order valence-electron chi connectivity index (χ1n) is 6.87. The molecule has 0 radical (unpaired) electrons. The van der Waals surface area contributed by atoms with Crippen molar-refractivity contribution in [2.45, 2.75) is 6.54 Å². The van der Waals surface area contributed by atoms with Crippen molar-refractivity contribution in [1.29, 1.82) is 0 Å². The van der Waals surface area contributed by atoms with Gasteiger partial charge in [-0.2, -0.15) is 0 Å². The van der Waals surface area contributed by atoms with E-state index in [9.17, 15) is 14.4 Å². The van der Waals surface area contributed by atoms with Gasteiger partial charge in [-0.3, -0.25) is 24.1 Å². The molecule has 3 rings (SSSR count). The second-order valence-corrected chi connectivity index (χ2v) is 5.02. The maximum atomic E-state index is 12.5. The molecule has 2 aromatic rings. The Balaban J connectivity index is 1.91. The van der Waals surface area contributed by atoms with Crippen LogP contribution >= 0.6 is 0 Å². The van der Waals surface area contributed by atoms with Crippen molar-refractivity contribution in [2.24, 2.45) is 0 Å². The van der Waals surface area contributed by atoms with E-state index in [0.717, 1.165) is 9.96 Å². The normalized spacial score (nSPS) is 13.4. The fourth-order valence-corrected chi connectivity index (χ4v) is 2.39. The summed E-state index contributed by atoms with van der Waals surface area (Å²) < 4.78 is 5.18. The van der Waals surface area contributed by atoms with Gasteiger partial charge in [0.05, 0.1) is 31.0 Å². The lowest BCUT2D eigenvalue weighted by atomic mass is 10.1. The number of rotatable bonds is 4. The third kappa shape index (κ3) is 2.51. The van der Waals surface area contributed by atoms with Crippen LogP contribution in [0.4, 0.5) is 0 Å². The maximum Gasteiger partial charge on any atom is 0.277 e. The van der Waals surface area contributed by atoms with E-state index >= 15 is 0 Å². The Hall–Kier alpha value is -2.93. The quantitative estimate of drug-likeness (QED) is 0.634. The molecule has 1 aliphatic heterocycles. The van der Waals surface area contributed by atoms with Gasteiger partial charge >= 0.3 is 0 Å². The van der Waals surface area contributed by atoms with E-state index < -0.39 is 17.7 Å². The number of nitrogens with zero attached hydrogens (tertiary/aromatic N) is 2. The zero-order valence-electron chi connectivity index (χ0n) is 12.6. The van der Waals surface area contributed by atoms with Gasteiger partial charge in [-0.25, -0.2) is 5.06 Å². The minimum atomic E-state index is -0.448. The molecular formula is C16H14N2O5. The molecule has 0 bridgehead atoms. The van der Waals surface area contributed by atoms with E-state index in [2.05, 4.69) is 0 Å². The smallest absolute Gasteiger partial charge is 0.277 e. The fourth-order valence-electron chi connectivity index (χ4n) is 2.39. The Labute approximate surface area is 132 Å². The van der Waals surface area contributed by atoms with Crippen molar-refractivity contribution >= 4 is 17.7 Å². The van der Waals surface area contributed by atoms with Crippen molar-refractivity contribution in [3.05, 3.63) is 59.0 Å². The van der Waals surface area contributed by atoms with Crippen LogP contribution in [-0.4, -0.2) is 41.8 Å². The average molecular weight is 314 g/mol. The zero-order valence-corrected chi connectivity index (χ0v) is 12.6. The molecule has 7 nitrogen and oxygen atoms in total. The Kier molecular flexibility index (Phi) is 3.71. The first-order chi connectivity index (χ1) is 11.0. The summed E-state index contributed by atoms with van der Waals surface area (Å²) in [6, 6.07) is 7.76. The molecular weight excluding hydrogens is 300 g/mol. The Morgan fingerprint density at radius 1 is 1.22 bits per heavy atom. The van der Waals surface area contributed by atoms with Crippen molar-refractivity contribution < 1.29 is 23.6 Å². The van der Waals surface area contributed by atoms with Crippen molar-refractivity contribution in [2.75, 3.05) is 14.2 Å². The van der Waals surface area contributed by atoms with Gasteiger partial charge in [-0.15, -0.1) is 0 Å². The highest BCUT2D eigenvalue weighted by molar-refractivity contribution is 6.21. The number of furan rings is 1. The van der Waals surface area contributed by atoms with E-state index in [1.165, 1.54) is 38.6 Å². The molecule has 23 heavy (non-hydrogen) atoms. The Bertz CT molecular complexity index is 782. The van der Waals surface area contributed by atoms with Gasteiger partial charge in [-0.1, -0.05) is 0 Å². The summed E-state index contributed by atoms with van der Waals surface area (Å²) in [5.41, 5.74) is 0.754. The Morgan fingerprint density at radius 3 is 2.61 bits per heavy atom. The molecule has 1 aliphatic rings. The van der Waals surface area contributed by atoms with Crippen LogP contribution in [0.1, 0.15) is 36.8 Å². The van der Waals surface area contributed by atoms with Crippen LogP contribution < -0.4 is 0 Å². The van der Waals surface area contributed by atoms with Crippen LogP contribution in [0.15, 0.2) is 41.0 Å². The third-order valence-corrected chi connectivity index (χ3v) is 3.67. The second-order valence-electron chi connectivity index (χ2n) is 5.02. The van der Waals surface area contributed by atoms with Gasteiger partial charge in [0.15, 0.2) is 0 Å². The lowest BCUT2D eigenvalue weighted by Crippen LogP contribution is -2.28. The summed E-state index contributed by atoms with van der Waals surface area (Å²) in [4.78, 5) is 42.8. The summed E-state index contributed by atoms with van der Waals surface area (Å²) in [5, 5.41) is 1.05. The molecule has 2 heterocycles. The highest BCUT2D eigenvalue weighted by Crippen LogP contribution is 2.26. The van der Waals surface area contributed by atoms with Crippen LogP contribution in [0, 0.1) is 0 Å². The van der Waals surface area contributed by atoms with Gasteiger partial charge in [-0.05, 0) is 30.3 Å². The van der Waals surface area contributed by atoms with Crippen molar-refractivity contribution in [3.8, 4) is 0 Å². The topological polar surface area (TPSA) is 80.1 Å². The predicted molar refractivity (Wildman–Crippen MR) is 78.5 cm³/mol. The number of imide groups is 1. The van der Waals surface area contributed by atoms with Gasteiger partial charge < -0.3 is 4.42 Å². The lowest BCUT2D eigenvalue weighted by molar-refractivity contribution is -0.0757. The monoisotopic (exact) mass is 314 g/mol. The average Bonchev–Trinajstić information content (AvgIpc) is 3.16. The van der Waals surface area contributed by atoms with Crippen LogP contribution in [-0.2, 0) is 11.4 Å². The number of benzene rings is 1. The number of fused-ring (bicyclic) bond motifs is 1. The molecule has 1 aromatic carbocycles. The molecule has 118 valence electrons. The lowest BCUT2D eigenvalue weighted by Gasteiger charge is -2.13. The van der Waals surface area contributed by atoms with E-state index in [1.54, 1.807) is 12.1 Å². The summed E-state index contributed by atoms with van der Waals surface area (Å²) in [7, 11) is 2.83. The van der Waals surface area contributed by atoms with E-state index in [0.29, 0.717) is 5.76 Å². The SMILES string of the molecule is CON(C)C(=O)c1ccc2c(c1)C(=O)N(Cc1ccco1)C2=O. The second kappa shape index (κ2) is 5.69. The molecule has 0 spiro atoms. The van der Waals surface area contributed by atoms with Gasteiger partial charge in [0.1, 0.15) is 5.76 Å². The van der Waals surface area contributed by atoms with Crippen LogP contribution in [0.2, 0.25) is 0 Å². The fraction of sp³-hybridized carbons (Fsp3) is 0.188. The van der Waals surface area contributed by atoms with E-state index in [-0.39, 0.29) is 23.2 Å². The number of carbonyl (C=O) groups is 3. The van der Waals surface area contributed by atoms with Gasteiger partial charge in [0, 0.05) is 12.6 Å². The molecule has 7 heteroatoms. The van der Waals surface area contributed by atoms with E-state index in [1.807, 2.05) is 0 Å². The van der Waals surface area contributed by atoms with E-state index in [4.69, 9.17) is 9.25 Å². The molecule has 0 saturated heterocycles. The third-order valence-electron chi connectivity index (χ3n) is 3.67. The standard InChI is InChI=1S/C16H14N2O5/c1-17(22-2)14(19)10-5-6-12-13(8-10)16(21)18(15(12)20)9-11-4-3-7-23-11/h3-8H,9H2,1-2H3. The molecule has 1 aromatic heterocycles. The van der Waals surface area contributed by atoms with Crippen LogP contribution in [0.3, 0.4) is 0 Å². The number of hydrogen-bond donors (Lipinski definition) is 0. The summed E-state index contributed by atoms with van der Waals surface area (Å²) in [6.45, 7) is 0.0562. The molecule has 0 atom stereocenters. The molecule has 0 aliphatic carbocycles. The Morgan fingerprint density at radius 2 is 1.96 bits per heavy atom. The largest absolute Gasteiger partial charge is 0.467 e. The zero-order chi connectivity index (χ0) is 16.6. The molecule has 0 unspecified atom stereocenters. The number of amides is 3.